The smallest absolute Gasteiger partial charge is 0.340 e. The van der Waals surface area contributed by atoms with Gasteiger partial charge in [-0.3, -0.25) is 4.79 Å². The Hall–Kier alpha value is -3.15. The molecule has 0 bridgehead atoms. The Morgan fingerprint density at radius 3 is 2.71 bits per heavy atom. The van der Waals surface area contributed by atoms with Crippen molar-refractivity contribution in [3.05, 3.63) is 65.6 Å². The summed E-state index contributed by atoms with van der Waals surface area (Å²) in [6, 6.07) is 10.8. The van der Waals surface area contributed by atoms with Crippen molar-refractivity contribution in [1.82, 2.24) is 4.98 Å². The minimum Gasteiger partial charge on any atom is -0.496 e. The number of hydrogen-bond donors (Lipinski definition) is 1. The number of ketones is 1. The Labute approximate surface area is 137 Å². The number of esters is 1. The number of methoxy groups -OCH3 is 1. The Kier molecular flexibility index (Phi) is 4.29. The summed E-state index contributed by atoms with van der Waals surface area (Å²) in [7, 11) is 1.38. The van der Waals surface area contributed by atoms with Gasteiger partial charge in [-0.2, -0.15) is 0 Å². The Morgan fingerprint density at radius 1 is 1.12 bits per heavy atom. The lowest BCUT2D eigenvalue weighted by atomic mass is 10.1. The van der Waals surface area contributed by atoms with Crippen LogP contribution < -0.4 is 4.74 Å². The van der Waals surface area contributed by atoms with Gasteiger partial charge >= 0.3 is 5.97 Å². The highest BCUT2D eigenvalue weighted by atomic mass is 19.1. The Morgan fingerprint density at radius 2 is 1.92 bits per heavy atom. The van der Waals surface area contributed by atoms with Gasteiger partial charge in [0.15, 0.2) is 6.61 Å². The summed E-state index contributed by atoms with van der Waals surface area (Å²) in [6.07, 6.45) is 1.53. The molecule has 2 aromatic carbocycles. The van der Waals surface area contributed by atoms with Gasteiger partial charge in [-0.25, -0.2) is 9.18 Å². The van der Waals surface area contributed by atoms with Gasteiger partial charge in [0.05, 0.1) is 18.2 Å². The quantitative estimate of drug-likeness (QED) is 0.576. The second-order valence-corrected chi connectivity index (χ2v) is 5.09. The van der Waals surface area contributed by atoms with Crippen LogP contribution >= 0.6 is 0 Å². The highest BCUT2D eigenvalue weighted by Crippen LogP contribution is 2.21. The standard InChI is InChI=1S/C18H14FNO4/c1-23-17-7-6-11(19)8-13(17)16(21)10-24-18(22)14-9-20-15-5-3-2-4-12(14)15/h2-9,20H,10H2,1H3. The predicted molar refractivity (Wildman–Crippen MR) is 85.9 cm³/mol. The van der Waals surface area contributed by atoms with Crippen molar-refractivity contribution in [2.75, 3.05) is 13.7 Å². The van der Waals surface area contributed by atoms with Crippen molar-refractivity contribution in [2.24, 2.45) is 0 Å². The minimum atomic E-state index is -0.629. The molecule has 0 saturated heterocycles. The van der Waals surface area contributed by atoms with Gasteiger partial charge in [0.1, 0.15) is 11.6 Å². The lowest BCUT2D eigenvalue weighted by molar-refractivity contribution is 0.0476. The molecule has 0 saturated carbocycles. The number of aromatic amines is 1. The van der Waals surface area contributed by atoms with Gasteiger partial charge in [-0.15, -0.1) is 0 Å². The summed E-state index contributed by atoms with van der Waals surface area (Å²) in [4.78, 5) is 27.3. The van der Waals surface area contributed by atoms with Crippen LogP contribution in [0.25, 0.3) is 10.9 Å². The maximum absolute atomic E-state index is 13.3. The third kappa shape index (κ3) is 2.99. The van der Waals surface area contributed by atoms with Crippen molar-refractivity contribution in [1.29, 1.82) is 0 Å². The SMILES string of the molecule is COc1ccc(F)cc1C(=O)COC(=O)c1c[nH]c2ccccc12. The van der Waals surface area contributed by atoms with E-state index in [-0.39, 0.29) is 11.3 Å². The number of Topliss-reactive ketones (excluding diaryl/α,β-unsaturated/α-hetero) is 1. The normalized spacial score (nSPS) is 10.6. The number of ether oxygens (including phenoxy) is 2. The molecule has 0 aliphatic heterocycles. The average Bonchev–Trinajstić information content (AvgIpc) is 3.03. The molecule has 1 heterocycles. The van der Waals surface area contributed by atoms with E-state index >= 15 is 0 Å². The van der Waals surface area contributed by atoms with E-state index in [4.69, 9.17) is 9.47 Å². The number of H-pyrrole nitrogens is 1. The van der Waals surface area contributed by atoms with E-state index in [0.717, 1.165) is 11.6 Å². The van der Waals surface area contributed by atoms with Gasteiger partial charge in [-0.1, -0.05) is 18.2 Å². The third-order valence-corrected chi connectivity index (χ3v) is 3.61. The van der Waals surface area contributed by atoms with Crippen LogP contribution in [0.15, 0.2) is 48.7 Å². The first-order valence-electron chi connectivity index (χ1n) is 7.20. The number of carbonyl (C=O) groups is 2. The summed E-state index contributed by atoms with van der Waals surface area (Å²) in [5.41, 5.74) is 1.16. The number of fused-ring (bicyclic) bond motifs is 1. The molecule has 122 valence electrons. The van der Waals surface area contributed by atoms with Crippen LogP contribution in [0.1, 0.15) is 20.7 Å². The molecule has 0 aliphatic rings. The number of carbonyl (C=O) groups excluding carboxylic acids is 2. The monoisotopic (exact) mass is 327 g/mol. The van der Waals surface area contributed by atoms with Crippen LogP contribution in [-0.2, 0) is 4.74 Å². The predicted octanol–water partition coefficient (Wildman–Crippen LogP) is 3.36. The molecule has 0 unspecified atom stereocenters. The first-order chi connectivity index (χ1) is 11.6. The van der Waals surface area contributed by atoms with E-state index in [1.807, 2.05) is 12.1 Å². The van der Waals surface area contributed by atoms with E-state index in [0.29, 0.717) is 10.9 Å². The summed E-state index contributed by atoms with van der Waals surface area (Å²) in [6.45, 7) is -0.502. The van der Waals surface area contributed by atoms with E-state index in [2.05, 4.69) is 4.98 Å². The number of aromatic nitrogens is 1. The number of benzene rings is 2. The number of halogens is 1. The Balaban J connectivity index is 1.75. The zero-order valence-corrected chi connectivity index (χ0v) is 12.8. The molecular weight excluding hydrogens is 313 g/mol. The second-order valence-electron chi connectivity index (χ2n) is 5.09. The zero-order chi connectivity index (χ0) is 17.1. The molecule has 1 N–H and O–H groups in total. The fraction of sp³-hybridized carbons (Fsp3) is 0.111. The van der Waals surface area contributed by atoms with E-state index < -0.39 is 24.2 Å². The molecule has 24 heavy (non-hydrogen) atoms. The number of rotatable bonds is 5. The van der Waals surface area contributed by atoms with Gasteiger partial charge in [-0.05, 0) is 24.3 Å². The molecule has 1 aromatic heterocycles. The fourth-order valence-corrected chi connectivity index (χ4v) is 2.43. The average molecular weight is 327 g/mol. The van der Waals surface area contributed by atoms with Gasteiger partial charge in [0, 0.05) is 17.1 Å². The van der Waals surface area contributed by atoms with E-state index in [9.17, 15) is 14.0 Å². The van der Waals surface area contributed by atoms with Crippen molar-refractivity contribution in [3.63, 3.8) is 0 Å². The van der Waals surface area contributed by atoms with Gasteiger partial charge < -0.3 is 14.5 Å². The summed E-state index contributed by atoms with van der Waals surface area (Å²) >= 11 is 0. The number of para-hydroxylation sites is 1. The molecule has 3 rings (SSSR count). The van der Waals surface area contributed by atoms with Gasteiger partial charge in [0.25, 0.3) is 0 Å². The third-order valence-electron chi connectivity index (χ3n) is 3.61. The first-order valence-corrected chi connectivity index (χ1v) is 7.20. The van der Waals surface area contributed by atoms with Crippen LogP contribution in [0.5, 0.6) is 5.75 Å². The number of hydrogen-bond acceptors (Lipinski definition) is 4. The molecule has 6 heteroatoms. The lowest BCUT2D eigenvalue weighted by Gasteiger charge is -2.08. The summed E-state index contributed by atoms with van der Waals surface area (Å²) in [5.74, 6) is -1.51. The second kappa shape index (κ2) is 6.54. The molecule has 0 atom stereocenters. The van der Waals surface area contributed by atoms with Gasteiger partial charge in [0.2, 0.25) is 5.78 Å². The topological polar surface area (TPSA) is 68.4 Å². The number of nitrogens with one attached hydrogen (secondary N) is 1. The molecule has 5 nitrogen and oxygen atoms in total. The van der Waals surface area contributed by atoms with Crippen LogP contribution in [0.4, 0.5) is 4.39 Å². The molecule has 0 spiro atoms. The Bertz CT molecular complexity index is 916. The van der Waals surface area contributed by atoms with E-state index in [1.54, 1.807) is 12.1 Å². The largest absolute Gasteiger partial charge is 0.496 e. The van der Waals surface area contributed by atoms with Crippen molar-refractivity contribution < 1.29 is 23.5 Å². The highest BCUT2D eigenvalue weighted by molar-refractivity contribution is 6.06. The van der Waals surface area contributed by atoms with Crippen LogP contribution in [-0.4, -0.2) is 30.5 Å². The zero-order valence-electron chi connectivity index (χ0n) is 12.8. The molecule has 0 aliphatic carbocycles. The van der Waals surface area contributed by atoms with Crippen molar-refractivity contribution in [3.8, 4) is 5.75 Å². The summed E-state index contributed by atoms with van der Waals surface area (Å²) in [5, 5.41) is 0.707. The first kappa shape index (κ1) is 15.7. The summed E-state index contributed by atoms with van der Waals surface area (Å²) < 4.78 is 23.4. The molecule has 3 aromatic rings. The molecule has 0 fully saturated rings. The van der Waals surface area contributed by atoms with Crippen LogP contribution in [0, 0.1) is 5.82 Å². The van der Waals surface area contributed by atoms with Crippen molar-refractivity contribution in [2.45, 2.75) is 0 Å². The molecular formula is C18H14FNO4. The maximum Gasteiger partial charge on any atom is 0.340 e. The highest BCUT2D eigenvalue weighted by Gasteiger charge is 2.18. The van der Waals surface area contributed by atoms with Crippen LogP contribution in [0.2, 0.25) is 0 Å². The van der Waals surface area contributed by atoms with E-state index in [1.165, 1.54) is 25.4 Å². The van der Waals surface area contributed by atoms with Crippen molar-refractivity contribution >= 4 is 22.7 Å². The molecule has 0 amide bonds. The maximum atomic E-state index is 13.3. The lowest BCUT2D eigenvalue weighted by Crippen LogP contribution is -2.15. The molecule has 0 radical (unpaired) electrons. The minimum absolute atomic E-state index is 0.0317. The fourth-order valence-electron chi connectivity index (χ4n) is 2.43. The van der Waals surface area contributed by atoms with Crippen LogP contribution in [0.3, 0.4) is 0 Å².